The Kier molecular flexibility index (Phi) is 11.9. The predicted molar refractivity (Wildman–Crippen MR) is 242 cm³/mol. The van der Waals surface area contributed by atoms with E-state index in [1.54, 1.807) is 24.4 Å². The second-order valence-corrected chi connectivity index (χ2v) is 19.8. The molecule has 3 amide bonds. The summed E-state index contributed by atoms with van der Waals surface area (Å²) in [6.45, 7) is 17.3. The Morgan fingerprint density at radius 3 is 2.36 bits per heavy atom. The molecule has 1 saturated carbocycles. The molecule has 64 heavy (non-hydrogen) atoms. The van der Waals surface area contributed by atoms with E-state index in [0.717, 1.165) is 94.4 Å². The number of nitrogens with one attached hydrogen (secondary N) is 2. The Morgan fingerprint density at radius 2 is 1.67 bits per heavy atom. The SMILES string of the molecule is CC1(C)C(NC(=O)c2ccc(N3CC[C@H](CN4CCN(C5CCN(c6ccc7nnn(C8CCC(=O)NC8=O)c(=O)c7c6)CC5)CC4)C3)nc2)C(C)(C)C1Oc1ccc(C#N)c(Cl)c1. The number of imide groups is 1. The Labute approximate surface area is 377 Å². The fourth-order valence-corrected chi connectivity index (χ4v) is 11.4. The van der Waals surface area contributed by atoms with Gasteiger partial charge in [0.25, 0.3) is 17.4 Å². The highest BCUT2D eigenvalue weighted by Gasteiger charge is 2.64. The van der Waals surface area contributed by atoms with Crippen molar-refractivity contribution in [3.8, 4) is 11.8 Å². The Morgan fingerprint density at radius 1 is 0.922 bits per heavy atom. The molecule has 17 heteroatoms. The number of hydrogen-bond acceptors (Lipinski definition) is 13. The van der Waals surface area contributed by atoms with Gasteiger partial charge in [0, 0.05) is 106 Å². The number of anilines is 2. The molecular weight excluding hydrogens is 834 g/mol. The molecule has 336 valence electrons. The molecule has 9 rings (SSSR count). The molecule has 2 aromatic heterocycles. The zero-order valence-electron chi connectivity index (χ0n) is 36.9. The smallest absolute Gasteiger partial charge is 0.278 e. The molecule has 0 radical (unpaired) electrons. The lowest BCUT2D eigenvalue weighted by molar-refractivity contribution is -0.164. The quantitative estimate of drug-likeness (QED) is 0.214. The van der Waals surface area contributed by atoms with Crippen LogP contribution in [0.3, 0.4) is 0 Å². The summed E-state index contributed by atoms with van der Waals surface area (Å²) < 4.78 is 7.51. The van der Waals surface area contributed by atoms with Crippen LogP contribution >= 0.6 is 11.6 Å². The van der Waals surface area contributed by atoms with Crippen molar-refractivity contribution in [1.29, 1.82) is 5.26 Å². The lowest BCUT2D eigenvalue weighted by Gasteiger charge is -2.63. The number of halogens is 1. The summed E-state index contributed by atoms with van der Waals surface area (Å²) in [4.78, 5) is 65.8. The zero-order chi connectivity index (χ0) is 44.9. The normalized spacial score (nSPS) is 25.1. The van der Waals surface area contributed by atoms with Gasteiger partial charge in [0.2, 0.25) is 5.91 Å². The molecule has 1 aliphatic carbocycles. The van der Waals surface area contributed by atoms with E-state index in [1.807, 2.05) is 30.3 Å². The molecule has 1 unspecified atom stereocenters. The van der Waals surface area contributed by atoms with Gasteiger partial charge >= 0.3 is 0 Å². The van der Waals surface area contributed by atoms with Gasteiger partial charge < -0.3 is 24.8 Å². The van der Waals surface area contributed by atoms with E-state index in [9.17, 15) is 24.4 Å². The number of piperazine rings is 1. The largest absolute Gasteiger partial charge is 0.489 e. The van der Waals surface area contributed by atoms with Crippen molar-refractivity contribution in [2.45, 2.75) is 84.0 Å². The highest BCUT2D eigenvalue weighted by Crippen LogP contribution is 2.55. The predicted octanol–water partition coefficient (Wildman–Crippen LogP) is 4.41. The van der Waals surface area contributed by atoms with Gasteiger partial charge in [-0.3, -0.25) is 29.4 Å². The number of benzene rings is 2. The molecule has 4 aromatic rings. The van der Waals surface area contributed by atoms with Crippen LogP contribution in [0.15, 0.2) is 59.5 Å². The Bertz CT molecular complexity index is 2530. The number of piperidine rings is 2. The van der Waals surface area contributed by atoms with Crippen LogP contribution < -0.4 is 30.7 Å². The van der Waals surface area contributed by atoms with Crippen LogP contribution in [0.1, 0.15) is 81.8 Å². The Hall–Kier alpha value is -5.63. The molecule has 0 bridgehead atoms. The van der Waals surface area contributed by atoms with Crippen LogP contribution in [0.4, 0.5) is 11.5 Å². The third-order valence-corrected chi connectivity index (χ3v) is 14.8. The van der Waals surface area contributed by atoms with Crippen molar-refractivity contribution in [2.75, 3.05) is 68.7 Å². The first kappa shape index (κ1) is 43.6. The van der Waals surface area contributed by atoms with E-state index >= 15 is 0 Å². The number of nitrogens with zero attached hydrogens (tertiary/aromatic N) is 9. The number of fused-ring (bicyclic) bond motifs is 1. The molecule has 16 nitrogen and oxygen atoms in total. The van der Waals surface area contributed by atoms with Crippen LogP contribution in [-0.4, -0.2) is 125 Å². The molecule has 0 spiro atoms. The first-order chi connectivity index (χ1) is 30.7. The van der Waals surface area contributed by atoms with Gasteiger partial charge in [0.05, 0.1) is 21.5 Å². The second-order valence-electron chi connectivity index (χ2n) is 19.4. The number of aromatic nitrogens is 4. The van der Waals surface area contributed by atoms with Gasteiger partial charge in [-0.15, -0.1) is 5.10 Å². The van der Waals surface area contributed by atoms with Gasteiger partial charge in [-0.1, -0.05) is 44.5 Å². The lowest BCUT2D eigenvalue weighted by Crippen LogP contribution is -2.74. The minimum absolute atomic E-state index is 0.140. The highest BCUT2D eigenvalue weighted by molar-refractivity contribution is 6.31. The first-order valence-corrected chi connectivity index (χ1v) is 22.9. The molecule has 4 aliphatic heterocycles. The fourth-order valence-electron chi connectivity index (χ4n) is 11.2. The minimum Gasteiger partial charge on any atom is -0.489 e. The Balaban J connectivity index is 0.717. The average molecular weight is 890 g/mol. The fraction of sp³-hybridized carbons (Fsp3) is 0.532. The van der Waals surface area contributed by atoms with Crippen molar-refractivity contribution < 1.29 is 19.1 Å². The maximum atomic E-state index is 13.5. The van der Waals surface area contributed by atoms with Crippen molar-refractivity contribution in [1.82, 2.24) is 40.4 Å². The number of hydrogen-bond donors (Lipinski definition) is 2. The number of ether oxygens (including phenoxy) is 1. The van der Waals surface area contributed by atoms with Crippen LogP contribution in [0.5, 0.6) is 5.75 Å². The van der Waals surface area contributed by atoms with Gasteiger partial charge in [-0.2, -0.15) is 9.94 Å². The average Bonchev–Trinajstić information content (AvgIpc) is 3.76. The summed E-state index contributed by atoms with van der Waals surface area (Å²) in [6.07, 6.45) is 5.08. The van der Waals surface area contributed by atoms with Gasteiger partial charge in [-0.25, -0.2) is 4.98 Å². The van der Waals surface area contributed by atoms with E-state index in [4.69, 9.17) is 21.3 Å². The monoisotopic (exact) mass is 889 g/mol. The van der Waals surface area contributed by atoms with Crippen molar-refractivity contribution in [2.24, 2.45) is 16.7 Å². The standard InChI is InChI=1S/C47H56ClN11O5/c1-46(2)44(47(3,4)45(46)64-34-8-5-30(25-49)36(48)24-34)52-41(61)31-6-11-39(50-26-31)58-16-13-29(28-58)27-55-19-21-57(22-20-55)32-14-17-56(18-15-32)33-7-9-37-35(23-33)43(63)59(54-53-37)38-10-12-40(60)51-42(38)62/h5-9,11,23-24,26,29,32,38,44-45H,10,12-22,27-28H2,1-4H3,(H,52,61)(H,51,60,62)/t29-,38?,44?,45?/m1/s1. The maximum Gasteiger partial charge on any atom is 0.278 e. The zero-order valence-corrected chi connectivity index (χ0v) is 37.7. The first-order valence-electron chi connectivity index (χ1n) is 22.5. The van der Waals surface area contributed by atoms with E-state index in [2.05, 4.69) is 74.3 Å². The molecule has 2 N–H and O–H groups in total. The van der Waals surface area contributed by atoms with E-state index in [0.29, 0.717) is 44.8 Å². The van der Waals surface area contributed by atoms with Crippen LogP contribution in [-0.2, 0) is 9.59 Å². The number of nitriles is 1. The number of carbonyl (C=O) groups excluding carboxylic acids is 3. The number of rotatable bonds is 10. The summed E-state index contributed by atoms with van der Waals surface area (Å²) in [5.41, 5.74) is 1.28. The molecule has 6 heterocycles. The van der Waals surface area contributed by atoms with Gasteiger partial charge in [-0.05, 0) is 74.1 Å². The molecule has 2 atom stereocenters. The van der Waals surface area contributed by atoms with Crippen LogP contribution in [0.25, 0.3) is 10.9 Å². The minimum atomic E-state index is -0.847. The summed E-state index contributed by atoms with van der Waals surface area (Å²) in [5, 5.41) is 23.8. The lowest BCUT2D eigenvalue weighted by atomic mass is 9.49. The summed E-state index contributed by atoms with van der Waals surface area (Å²) in [6, 6.07) is 16.2. The molecule has 5 aliphatic rings. The summed E-state index contributed by atoms with van der Waals surface area (Å²) in [7, 11) is 0. The van der Waals surface area contributed by atoms with Crippen molar-refractivity contribution in [3.05, 3.63) is 81.2 Å². The number of pyridine rings is 1. The summed E-state index contributed by atoms with van der Waals surface area (Å²) >= 11 is 6.26. The number of amides is 3. The van der Waals surface area contributed by atoms with Gasteiger partial charge in [0.1, 0.15) is 35.3 Å². The third-order valence-electron chi connectivity index (χ3n) is 14.5. The van der Waals surface area contributed by atoms with Crippen molar-refractivity contribution >= 4 is 51.7 Å². The van der Waals surface area contributed by atoms with Gasteiger partial charge in [0.15, 0.2) is 0 Å². The van der Waals surface area contributed by atoms with E-state index < -0.39 is 11.9 Å². The van der Waals surface area contributed by atoms with E-state index in [-0.39, 0.29) is 53.2 Å². The molecular formula is C47H56ClN11O5. The van der Waals surface area contributed by atoms with Crippen LogP contribution in [0, 0.1) is 28.1 Å². The number of carbonyl (C=O) groups is 3. The maximum absolute atomic E-state index is 13.5. The molecule has 4 saturated heterocycles. The highest BCUT2D eigenvalue weighted by atomic mass is 35.5. The third kappa shape index (κ3) is 8.41. The molecule has 5 fully saturated rings. The molecule has 2 aromatic carbocycles. The van der Waals surface area contributed by atoms with Crippen LogP contribution in [0.2, 0.25) is 5.02 Å². The summed E-state index contributed by atoms with van der Waals surface area (Å²) in [5.74, 6) is 1.03. The second kappa shape index (κ2) is 17.4. The van der Waals surface area contributed by atoms with E-state index in [1.165, 1.54) is 0 Å². The van der Waals surface area contributed by atoms with Crippen molar-refractivity contribution in [3.63, 3.8) is 0 Å². The topological polar surface area (TPSA) is 182 Å².